The van der Waals surface area contributed by atoms with Crippen molar-refractivity contribution in [1.82, 2.24) is 15.5 Å². The van der Waals surface area contributed by atoms with Gasteiger partial charge >= 0.3 is 0 Å². The van der Waals surface area contributed by atoms with Gasteiger partial charge in [-0.1, -0.05) is 0 Å². The van der Waals surface area contributed by atoms with Crippen LogP contribution in [0.4, 0.5) is 0 Å². The summed E-state index contributed by atoms with van der Waals surface area (Å²) in [5, 5.41) is 6.37. The van der Waals surface area contributed by atoms with E-state index in [0.29, 0.717) is 24.7 Å². The molecule has 132 valence electrons. The quantitative estimate of drug-likeness (QED) is 0.363. The number of furan rings is 1. The average Bonchev–Trinajstić information content (AvgIpc) is 3.18. The Hall–Kier alpha value is -2.51. The van der Waals surface area contributed by atoms with Crippen molar-refractivity contribution in [3.63, 3.8) is 0 Å². The molecule has 1 aliphatic heterocycles. The van der Waals surface area contributed by atoms with Gasteiger partial charge in [0.05, 0.1) is 0 Å². The van der Waals surface area contributed by atoms with Crippen LogP contribution in [0, 0.1) is 0 Å². The molecular formula is C16H25N5O3. The largest absolute Gasteiger partial charge is 0.454 e. The van der Waals surface area contributed by atoms with Crippen molar-refractivity contribution in [3.8, 4) is 0 Å². The summed E-state index contributed by atoms with van der Waals surface area (Å²) in [6, 6.07) is 3.23. The van der Waals surface area contributed by atoms with E-state index in [-0.39, 0.29) is 11.7 Å². The Bertz CT molecular complexity index is 596. The number of nitrogens with zero attached hydrogens (tertiary/aromatic N) is 2. The maximum Gasteiger partial charge on any atom is 0.284 e. The van der Waals surface area contributed by atoms with Gasteiger partial charge in [-0.05, 0) is 31.9 Å². The lowest BCUT2D eigenvalue weighted by atomic mass is 10.4. The Labute approximate surface area is 141 Å². The molecule has 0 atom stereocenters. The van der Waals surface area contributed by atoms with Gasteiger partial charge in [0.25, 0.3) is 5.91 Å². The van der Waals surface area contributed by atoms with Gasteiger partial charge in [-0.25, -0.2) is 4.99 Å². The van der Waals surface area contributed by atoms with Gasteiger partial charge in [-0.3, -0.25) is 9.59 Å². The van der Waals surface area contributed by atoms with Crippen LogP contribution in [-0.2, 0) is 11.3 Å². The van der Waals surface area contributed by atoms with E-state index in [1.807, 2.05) is 11.8 Å². The second-order valence-corrected chi connectivity index (χ2v) is 5.59. The fourth-order valence-corrected chi connectivity index (χ4v) is 2.51. The summed E-state index contributed by atoms with van der Waals surface area (Å²) in [5.74, 6) is 1.03. The van der Waals surface area contributed by atoms with Gasteiger partial charge in [0, 0.05) is 32.6 Å². The number of carbonyl (C=O) groups excluding carboxylic acids is 2. The Morgan fingerprint density at radius 3 is 2.88 bits per heavy atom. The first-order chi connectivity index (χ1) is 11.6. The molecule has 4 N–H and O–H groups in total. The predicted octanol–water partition coefficient (Wildman–Crippen LogP) is 0.446. The van der Waals surface area contributed by atoms with E-state index in [1.54, 1.807) is 12.1 Å². The second-order valence-electron chi connectivity index (χ2n) is 5.59. The van der Waals surface area contributed by atoms with Crippen molar-refractivity contribution in [3.05, 3.63) is 23.7 Å². The van der Waals surface area contributed by atoms with Crippen LogP contribution < -0.4 is 16.4 Å². The van der Waals surface area contributed by atoms with E-state index in [4.69, 9.17) is 10.2 Å². The lowest BCUT2D eigenvalue weighted by Crippen LogP contribution is -2.39. The summed E-state index contributed by atoms with van der Waals surface area (Å²) in [5.41, 5.74) is 5.15. The Balaban J connectivity index is 1.77. The zero-order chi connectivity index (χ0) is 17.4. The van der Waals surface area contributed by atoms with Crippen LogP contribution in [0.5, 0.6) is 0 Å². The molecule has 0 aromatic carbocycles. The Morgan fingerprint density at radius 1 is 1.42 bits per heavy atom. The molecule has 0 unspecified atom stereocenters. The summed E-state index contributed by atoms with van der Waals surface area (Å²) in [4.78, 5) is 28.9. The number of hydrogen-bond acceptors (Lipinski definition) is 4. The molecule has 1 aromatic rings. The van der Waals surface area contributed by atoms with Crippen molar-refractivity contribution < 1.29 is 14.0 Å². The Morgan fingerprint density at radius 2 is 2.25 bits per heavy atom. The smallest absolute Gasteiger partial charge is 0.284 e. The molecule has 1 saturated heterocycles. The molecule has 2 rings (SSSR count). The highest BCUT2D eigenvalue weighted by Gasteiger charge is 2.18. The number of aliphatic imine (C=N–C) groups is 1. The van der Waals surface area contributed by atoms with Crippen molar-refractivity contribution in [2.24, 2.45) is 10.7 Å². The van der Waals surface area contributed by atoms with Crippen LogP contribution in [0.1, 0.15) is 42.5 Å². The standard InChI is InChI=1S/C16H25N5O3/c1-2-18-16(19-8-4-10-21-9-3-5-14(21)22)20-11-12-6-7-13(24-12)15(17)23/h6-7H,2-5,8-11H2,1H3,(H2,17,23)(H2,18,19,20). The molecular weight excluding hydrogens is 310 g/mol. The fourth-order valence-electron chi connectivity index (χ4n) is 2.51. The first-order valence-corrected chi connectivity index (χ1v) is 8.28. The van der Waals surface area contributed by atoms with E-state index in [9.17, 15) is 9.59 Å². The van der Waals surface area contributed by atoms with E-state index in [1.165, 1.54) is 0 Å². The Kier molecular flexibility index (Phi) is 6.65. The summed E-state index contributed by atoms with van der Waals surface area (Å²) >= 11 is 0. The van der Waals surface area contributed by atoms with Gasteiger partial charge in [-0.15, -0.1) is 0 Å². The van der Waals surface area contributed by atoms with Gasteiger partial charge in [0.15, 0.2) is 11.7 Å². The fraction of sp³-hybridized carbons (Fsp3) is 0.562. The number of carbonyl (C=O) groups is 2. The van der Waals surface area contributed by atoms with Crippen molar-refractivity contribution in [1.29, 1.82) is 0 Å². The summed E-state index contributed by atoms with van der Waals surface area (Å²) in [6.07, 6.45) is 2.50. The molecule has 1 aliphatic rings. The zero-order valence-electron chi connectivity index (χ0n) is 14.0. The van der Waals surface area contributed by atoms with E-state index >= 15 is 0 Å². The zero-order valence-corrected chi connectivity index (χ0v) is 14.0. The van der Waals surface area contributed by atoms with Crippen LogP contribution in [0.25, 0.3) is 0 Å². The van der Waals surface area contributed by atoms with Crippen molar-refractivity contribution >= 4 is 17.8 Å². The van der Waals surface area contributed by atoms with Crippen LogP contribution in [-0.4, -0.2) is 48.9 Å². The minimum absolute atomic E-state index is 0.133. The van der Waals surface area contributed by atoms with Crippen molar-refractivity contribution in [2.75, 3.05) is 26.2 Å². The van der Waals surface area contributed by atoms with Gasteiger partial charge in [0.1, 0.15) is 12.3 Å². The highest BCUT2D eigenvalue weighted by Crippen LogP contribution is 2.09. The van der Waals surface area contributed by atoms with E-state index in [0.717, 1.165) is 39.0 Å². The van der Waals surface area contributed by atoms with Crippen LogP contribution in [0.3, 0.4) is 0 Å². The predicted molar refractivity (Wildman–Crippen MR) is 90.5 cm³/mol. The minimum atomic E-state index is -0.591. The first kappa shape index (κ1) is 17.8. The third-order valence-corrected chi connectivity index (χ3v) is 3.71. The lowest BCUT2D eigenvalue weighted by Gasteiger charge is -2.16. The summed E-state index contributed by atoms with van der Waals surface area (Å²) in [6.45, 7) is 5.39. The lowest BCUT2D eigenvalue weighted by molar-refractivity contribution is -0.127. The van der Waals surface area contributed by atoms with Gasteiger partial charge < -0.3 is 25.7 Å². The number of nitrogens with two attached hydrogens (primary N) is 1. The number of hydrogen-bond donors (Lipinski definition) is 3. The molecule has 1 fully saturated rings. The first-order valence-electron chi connectivity index (χ1n) is 8.28. The molecule has 0 spiro atoms. The highest BCUT2D eigenvalue weighted by molar-refractivity contribution is 5.89. The molecule has 0 radical (unpaired) electrons. The highest BCUT2D eigenvalue weighted by atomic mass is 16.3. The van der Waals surface area contributed by atoms with Crippen LogP contribution >= 0.6 is 0 Å². The van der Waals surface area contributed by atoms with Gasteiger partial charge in [0.2, 0.25) is 5.91 Å². The minimum Gasteiger partial charge on any atom is -0.454 e. The summed E-state index contributed by atoms with van der Waals surface area (Å²) in [7, 11) is 0. The number of guanidine groups is 1. The maximum absolute atomic E-state index is 11.5. The normalized spacial score (nSPS) is 15.0. The van der Waals surface area contributed by atoms with E-state index in [2.05, 4.69) is 15.6 Å². The topological polar surface area (TPSA) is 113 Å². The number of likely N-dealkylation sites (tertiary alicyclic amines) is 1. The van der Waals surface area contributed by atoms with Crippen LogP contribution in [0.2, 0.25) is 0 Å². The molecule has 0 saturated carbocycles. The monoisotopic (exact) mass is 335 g/mol. The van der Waals surface area contributed by atoms with Gasteiger partial charge in [-0.2, -0.15) is 0 Å². The molecule has 1 aromatic heterocycles. The number of primary amides is 1. The second kappa shape index (κ2) is 8.95. The van der Waals surface area contributed by atoms with Crippen molar-refractivity contribution in [2.45, 2.75) is 32.7 Å². The number of nitrogens with one attached hydrogen (secondary N) is 2. The molecule has 0 aliphatic carbocycles. The molecule has 24 heavy (non-hydrogen) atoms. The molecule has 8 heteroatoms. The number of rotatable bonds is 8. The summed E-state index contributed by atoms with van der Waals surface area (Å²) < 4.78 is 5.30. The molecule has 0 bridgehead atoms. The SMILES string of the molecule is CCNC(=NCc1ccc(C(N)=O)o1)NCCCN1CCCC1=O. The molecule has 2 amide bonds. The third kappa shape index (κ3) is 5.29. The average molecular weight is 335 g/mol. The maximum atomic E-state index is 11.5. The van der Waals surface area contributed by atoms with Crippen LogP contribution in [0.15, 0.2) is 21.5 Å². The van der Waals surface area contributed by atoms with E-state index < -0.39 is 5.91 Å². The molecule has 8 nitrogen and oxygen atoms in total. The number of amides is 2. The third-order valence-electron chi connectivity index (χ3n) is 3.71. The molecule has 2 heterocycles.